The predicted molar refractivity (Wildman–Crippen MR) is 89.2 cm³/mol. The molecule has 126 valence electrons. The van der Waals surface area contributed by atoms with E-state index in [0.717, 1.165) is 5.56 Å². The zero-order valence-corrected chi connectivity index (χ0v) is 14.0. The highest BCUT2D eigenvalue weighted by Crippen LogP contribution is 2.32. The van der Waals surface area contributed by atoms with Crippen LogP contribution in [0.2, 0.25) is 0 Å². The Morgan fingerprint density at radius 3 is 2.54 bits per heavy atom. The highest BCUT2D eigenvalue weighted by Gasteiger charge is 2.50. The molecule has 0 aromatic heterocycles. The van der Waals surface area contributed by atoms with E-state index in [0.29, 0.717) is 0 Å². The maximum atomic E-state index is 11.7. The van der Waals surface area contributed by atoms with Crippen molar-refractivity contribution < 1.29 is 14.4 Å². The summed E-state index contributed by atoms with van der Waals surface area (Å²) in [6, 6.07) is 12.9. The summed E-state index contributed by atoms with van der Waals surface area (Å²) in [6.07, 6.45) is 1.49. The van der Waals surface area contributed by atoms with E-state index >= 15 is 0 Å². The Morgan fingerprint density at radius 1 is 1.38 bits per heavy atom. The van der Waals surface area contributed by atoms with Gasteiger partial charge in [-0.05, 0) is 5.56 Å². The first-order chi connectivity index (χ1) is 11.6. The van der Waals surface area contributed by atoms with Gasteiger partial charge in [0.1, 0.15) is 6.26 Å². The van der Waals surface area contributed by atoms with Crippen LogP contribution in [0, 0.1) is 32.8 Å². The lowest BCUT2D eigenvalue weighted by atomic mass is 9.91. The van der Waals surface area contributed by atoms with Crippen LogP contribution < -0.4 is 0 Å². The largest absolute Gasteiger partial charge is 0.461 e. The number of benzene rings is 1. The molecule has 0 radical (unpaired) electrons. The van der Waals surface area contributed by atoms with Crippen molar-refractivity contribution in [3.05, 3.63) is 58.0 Å². The number of nitro groups is 1. The van der Waals surface area contributed by atoms with Crippen LogP contribution in [-0.4, -0.2) is 28.8 Å². The average molecular weight is 347 g/mol. The van der Waals surface area contributed by atoms with Gasteiger partial charge in [0.25, 0.3) is 5.54 Å². The predicted octanol–water partition coefficient (Wildman–Crippen LogP) is 2.88. The summed E-state index contributed by atoms with van der Waals surface area (Å²) in [6.45, 7) is 1.42. The van der Waals surface area contributed by atoms with Gasteiger partial charge in [0.2, 0.25) is 12.6 Å². The Morgan fingerprint density at radius 2 is 2.04 bits per heavy atom. The van der Waals surface area contributed by atoms with Gasteiger partial charge in [-0.25, -0.2) is 0 Å². The second kappa shape index (κ2) is 10.1. The molecule has 7 nitrogen and oxygen atoms in total. The van der Waals surface area contributed by atoms with Gasteiger partial charge in [-0.2, -0.15) is 10.5 Å². The van der Waals surface area contributed by atoms with E-state index in [-0.39, 0.29) is 35.4 Å². The number of hydrogen-bond donors (Lipinski definition) is 0. The zero-order chi connectivity index (χ0) is 17.8. The summed E-state index contributed by atoms with van der Waals surface area (Å²) in [5.74, 6) is 0.553. The summed E-state index contributed by atoms with van der Waals surface area (Å²) in [5.41, 5.74) is -0.581. The summed E-state index contributed by atoms with van der Waals surface area (Å²) < 4.78 is 10.3. The summed E-state index contributed by atoms with van der Waals surface area (Å²) in [5, 5.41) is 27.7. The number of ether oxygens (including phenoxy) is 2. The molecule has 0 spiro atoms. The summed E-state index contributed by atoms with van der Waals surface area (Å²) in [4.78, 5) is 11.4. The van der Waals surface area contributed by atoms with Gasteiger partial charge in [-0.1, -0.05) is 30.3 Å². The molecule has 0 aliphatic carbocycles. The second-order valence-electron chi connectivity index (χ2n) is 4.74. The number of thioether (sulfide) groups is 1. The van der Waals surface area contributed by atoms with Crippen molar-refractivity contribution in [3.63, 3.8) is 0 Å². The maximum absolute atomic E-state index is 11.7. The Labute approximate surface area is 144 Å². The second-order valence-corrected chi connectivity index (χ2v) is 5.72. The molecule has 0 saturated carbocycles. The van der Waals surface area contributed by atoms with E-state index in [9.17, 15) is 10.1 Å². The Kier molecular flexibility index (Phi) is 8.17. The maximum Gasteiger partial charge on any atom is 0.294 e. The minimum Gasteiger partial charge on any atom is -0.461 e. The van der Waals surface area contributed by atoms with Crippen LogP contribution in [0.25, 0.3) is 0 Å². The van der Waals surface area contributed by atoms with Gasteiger partial charge in [-0.15, -0.1) is 11.8 Å². The van der Waals surface area contributed by atoms with Crippen molar-refractivity contribution in [2.45, 2.75) is 18.9 Å². The fourth-order valence-corrected chi connectivity index (χ4v) is 2.98. The van der Waals surface area contributed by atoms with E-state index in [1.807, 2.05) is 36.4 Å². The van der Waals surface area contributed by atoms with Crippen molar-refractivity contribution >= 4 is 11.8 Å². The van der Waals surface area contributed by atoms with Crippen LogP contribution in [0.3, 0.4) is 0 Å². The lowest BCUT2D eigenvalue weighted by molar-refractivity contribution is -0.556. The molecule has 8 heteroatoms. The van der Waals surface area contributed by atoms with E-state index in [1.165, 1.54) is 24.9 Å². The molecule has 0 bridgehead atoms. The Hall–Kier alpha value is -2.71. The minimum absolute atomic E-state index is 0.0113. The fraction of sp³-hybridized carbons (Fsp3) is 0.375. The molecule has 1 atom stereocenters. The standard InChI is InChI=1S/C14H14N2O4S.C2H3N/c15-6-7-21-10-14(16(17)18,13-9-19-11-20-13)8-12-4-2-1-3-5-12;1-2-3/h1-5,9H,7-8,10-11H2;1H3. The molecule has 0 saturated heterocycles. The summed E-state index contributed by atoms with van der Waals surface area (Å²) >= 11 is 1.22. The first kappa shape index (κ1) is 19.3. The van der Waals surface area contributed by atoms with Crippen LogP contribution in [0.15, 0.2) is 42.4 Å². The van der Waals surface area contributed by atoms with Crippen molar-refractivity contribution in [3.8, 4) is 12.1 Å². The monoisotopic (exact) mass is 347 g/mol. The van der Waals surface area contributed by atoms with Crippen molar-refractivity contribution in [1.82, 2.24) is 0 Å². The quantitative estimate of drug-likeness (QED) is 0.424. The van der Waals surface area contributed by atoms with Gasteiger partial charge >= 0.3 is 0 Å². The molecular formula is C16H17N3O4S. The Bertz CT molecular complexity index is 652. The van der Waals surface area contributed by atoms with Crippen LogP contribution in [0.1, 0.15) is 12.5 Å². The highest BCUT2D eigenvalue weighted by atomic mass is 32.2. The van der Waals surface area contributed by atoms with E-state index in [4.69, 9.17) is 20.0 Å². The smallest absolute Gasteiger partial charge is 0.294 e. The molecule has 0 N–H and O–H groups in total. The number of rotatable bonds is 7. The normalized spacial score (nSPS) is 14.4. The van der Waals surface area contributed by atoms with Crippen LogP contribution in [-0.2, 0) is 15.9 Å². The van der Waals surface area contributed by atoms with E-state index in [1.54, 1.807) is 6.07 Å². The third-order valence-corrected chi connectivity index (χ3v) is 4.14. The molecule has 1 unspecified atom stereocenters. The molecule has 2 rings (SSSR count). The third kappa shape index (κ3) is 5.18. The van der Waals surface area contributed by atoms with Gasteiger partial charge in [-0.3, -0.25) is 10.1 Å². The van der Waals surface area contributed by atoms with E-state index in [2.05, 4.69) is 0 Å². The number of hydrogen-bond acceptors (Lipinski definition) is 7. The van der Waals surface area contributed by atoms with Crippen molar-refractivity contribution in [2.24, 2.45) is 0 Å². The van der Waals surface area contributed by atoms with Gasteiger partial charge < -0.3 is 9.47 Å². The van der Waals surface area contributed by atoms with Crippen LogP contribution in [0.4, 0.5) is 0 Å². The molecule has 1 aliphatic heterocycles. The van der Waals surface area contributed by atoms with Gasteiger partial charge in [0.15, 0.2) is 0 Å². The van der Waals surface area contributed by atoms with Gasteiger partial charge in [0, 0.05) is 11.8 Å². The molecule has 24 heavy (non-hydrogen) atoms. The lowest BCUT2D eigenvalue weighted by Crippen LogP contribution is -2.45. The first-order valence-electron chi connectivity index (χ1n) is 6.99. The molecular weight excluding hydrogens is 330 g/mol. The molecule has 0 amide bonds. The van der Waals surface area contributed by atoms with Crippen molar-refractivity contribution in [2.75, 3.05) is 18.3 Å². The highest BCUT2D eigenvalue weighted by molar-refractivity contribution is 7.99. The summed E-state index contributed by atoms with van der Waals surface area (Å²) in [7, 11) is 0. The van der Waals surface area contributed by atoms with Crippen LogP contribution in [0.5, 0.6) is 0 Å². The van der Waals surface area contributed by atoms with Crippen LogP contribution >= 0.6 is 11.8 Å². The SMILES string of the molecule is CC#N.N#CCSCC(Cc1ccccc1)(C1=COCO1)[N+](=O)[O-]. The van der Waals surface area contributed by atoms with Gasteiger partial charge in [0.05, 0.1) is 30.1 Å². The molecule has 1 aromatic rings. The number of nitriles is 2. The fourth-order valence-electron chi connectivity index (χ4n) is 2.10. The third-order valence-electron chi connectivity index (χ3n) is 3.13. The molecule has 1 heterocycles. The average Bonchev–Trinajstić information content (AvgIpc) is 3.10. The molecule has 1 aromatic carbocycles. The zero-order valence-electron chi connectivity index (χ0n) is 13.2. The lowest BCUT2D eigenvalue weighted by Gasteiger charge is -2.24. The molecule has 1 aliphatic rings. The first-order valence-corrected chi connectivity index (χ1v) is 8.15. The van der Waals surface area contributed by atoms with E-state index < -0.39 is 5.54 Å². The van der Waals surface area contributed by atoms with Crippen molar-refractivity contribution in [1.29, 1.82) is 10.5 Å². The Balaban J connectivity index is 0.000000891. The molecule has 0 fully saturated rings. The minimum atomic E-state index is -1.42. The topological polar surface area (TPSA) is 109 Å². The number of nitrogens with zero attached hydrogens (tertiary/aromatic N) is 3.